The average molecular weight is 412 g/mol. The molecule has 0 aliphatic heterocycles. The van der Waals surface area contributed by atoms with E-state index in [-0.39, 0.29) is 0 Å². The Kier molecular flexibility index (Phi) is 5.28. The fraction of sp³-hybridized carbons (Fsp3) is 0.0455. The Morgan fingerprint density at radius 3 is 2.11 bits per heavy atom. The first kappa shape index (κ1) is 18.2. The monoisotopic (exact) mass is 411 g/mol. The Labute approximate surface area is 171 Å². The van der Waals surface area contributed by atoms with Gasteiger partial charge in [-0.05, 0) is 23.6 Å². The first-order chi connectivity index (χ1) is 13.2. The molecule has 1 atom stereocenters. The standard InChI is InChI=1S/C22H15Cl2NOS/c23-18-9-3-1-7-15(18)17-13-27-22(16-8-2-4-10-19(16)24)20(17)21(26)14-6-5-11-25-12-14/h1-13,21,26H. The number of benzene rings is 2. The third-order valence-corrected chi connectivity index (χ3v) is 6.07. The highest BCUT2D eigenvalue weighted by Gasteiger charge is 2.24. The van der Waals surface area contributed by atoms with Crippen LogP contribution in [0.1, 0.15) is 17.2 Å². The Morgan fingerprint density at radius 2 is 1.48 bits per heavy atom. The molecule has 0 amide bonds. The molecule has 2 nitrogen and oxygen atoms in total. The summed E-state index contributed by atoms with van der Waals surface area (Å²) >= 11 is 14.5. The van der Waals surface area contributed by atoms with Gasteiger partial charge in [0.1, 0.15) is 6.10 Å². The summed E-state index contributed by atoms with van der Waals surface area (Å²) in [7, 11) is 0. The maximum Gasteiger partial charge on any atom is 0.108 e. The molecule has 0 aliphatic rings. The van der Waals surface area contributed by atoms with Crippen molar-refractivity contribution in [3.05, 3.63) is 99.6 Å². The summed E-state index contributed by atoms with van der Waals surface area (Å²) in [5.74, 6) is 0. The third-order valence-electron chi connectivity index (χ3n) is 4.39. The van der Waals surface area contributed by atoms with Gasteiger partial charge in [-0.25, -0.2) is 0 Å². The van der Waals surface area contributed by atoms with Crippen molar-refractivity contribution in [3.63, 3.8) is 0 Å². The Bertz CT molecular complexity index is 1020. The van der Waals surface area contributed by atoms with E-state index in [9.17, 15) is 5.11 Å². The summed E-state index contributed by atoms with van der Waals surface area (Å²) in [6, 6.07) is 19.0. The smallest absolute Gasteiger partial charge is 0.108 e. The van der Waals surface area contributed by atoms with E-state index in [1.807, 2.05) is 66.0 Å². The molecule has 1 unspecified atom stereocenters. The minimum absolute atomic E-state index is 0.639. The zero-order valence-corrected chi connectivity index (χ0v) is 16.5. The second-order valence-electron chi connectivity index (χ2n) is 6.04. The topological polar surface area (TPSA) is 33.1 Å². The van der Waals surface area contributed by atoms with Gasteiger partial charge in [0.2, 0.25) is 0 Å². The van der Waals surface area contributed by atoms with E-state index in [0.717, 1.165) is 32.7 Å². The number of hydrogen-bond acceptors (Lipinski definition) is 3. The Morgan fingerprint density at radius 1 is 0.815 bits per heavy atom. The van der Waals surface area contributed by atoms with Crippen molar-refractivity contribution in [3.8, 4) is 21.6 Å². The molecule has 0 fully saturated rings. The molecule has 0 aliphatic carbocycles. The van der Waals surface area contributed by atoms with Crippen LogP contribution in [-0.4, -0.2) is 10.1 Å². The summed E-state index contributed by atoms with van der Waals surface area (Å²) < 4.78 is 0. The maximum absolute atomic E-state index is 11.2. The van der Waals surface area contributed by atoms with Crippen LogP contribution in [0.4, 0.5) is 0 Å². The van der Waals surface area contributed by atoms with Crippen LogP contribution in [0.2, 0.25) is 10.0 Å². The number of thiophene rings is 1. The highest BCUT2D eigenvalue weighted by molar-refractivity contribution is 7.14. The number of aromatic nitrogens is 1. The molecule has 0 saturated heterocycles. The van der Waals surface area contributed by atoms with Crippen molar-refractivity contribution in [1.82, 2.24) is 4.98 Å². The van der Waals surface area contributed by atoms with Gasteiger partial charge in [0.15, 0.2) is 0 Å². The summed E-state index contributed by atoms with van der Waals surface area (Å²) in [6.07, 6.45) is 2.52. The molecule has 134 valence electrons. The summed E-state index contributed by atoms with van der Waals surface area (Å²) in [6.45, 7) is 0. The van der Waals surface area contributed by atoms with Crippen LogP contribution in [0, 0.1) is 0 Å². The van der Waals surface area contributed by atoms with E-state index in [1.165, 1.54) is 0 Å². The van der Waals surface area contributed by atoms with E-state index in [0.29, 0.717) is 10.0 Å². The molecule has 0 bridgehead atoms. The number of rotatable bonds is 4. The largest absolute Gasteiger partial charge is 0.384 e. The molecule has 5 heteroatoms. The molecule has 0 spiro atoms. The number of nitrogens with zero attached hydrogens (tertiary/aromatic N) is 1. The van der Waals surface area contributed by atoms with Gasteiger partial charge in [-0.3, -0.25) is 4.98 Å². The molecular formula is C22H15Cl2NOS. The zero-order chi connectivity index (χ0) is 18.8. The normalized spacial score (nSPS) is 12.1. The van der Waals surface area contributed by atoms with Crippen molar-refractivity contribution in [2.75, 3.05) is 0 Å². The third kappa shape index (κ3) is 3.52. The van der Waals surface area contributed by atoms with Gasteiger partial charge >= 0.3 is 0 Å². The van der Waals surface area contributed by atoms with Gasteiger partial charge < -0.3 is 5.11 Å². The van der Waals surface area contributed by atoms with Crippen LogP contribution in [0.25, 0.3) is 21.6 Å². The van der Waals surface area contributed by atoms with Crippen LogP contribution in [0.5, 0.6) is 0 Å². The van der Waals surface area contributed by atoms with Crippen LogP contribution >= 0.6 is 34.5 Å². The van der Waals surface area contributed by atoms with Gasteiger partial charge in [-0.2, -0.15) is 0 Å². The van der Waals surface area contributed by atoms with E-state index in [1.54, 1.807) is 23.7 Å². The van der Waals surface area contributed by atoms with Gasteiger partial charge in [-0.15, -0.1) is 11.3 Å². The van der Waals surface area contributed by atoms with E-state index in [4.69, 9.17) is 23.2 Å². The van der Waals surface area contributed by atoms with Gasteiger partial charge in [0.05, 0.1) is 0 Å². The van der Waals surface area contributed by atoms with E-state index >= 15 is 0 Å². The molecule has 0 radical (unpaired) electrons. The average Bonchev–Trinajstić information content (AvgIpc) is 3.13. The molecule has 1 N–H and O–H groups in total. The van der Waals surface area contributed by atoms with Crippen LogP contribution in [0.15, 0.2) is 78.4 Å². The predicted octanol–water partition coefficient (Wildman–Crippen LogP) is 6.87. The first-order valence-electron chi connectivity index (χ1n) is 8.36. The second-order valence-corrected chi connectivity index (χ2v) is 7.73. The molecular weight excluding hydrogens is 397 g/mol. The van der Waals surface area contributed by atoms with Crippen LogP contribution < -0.4 is 0 Å². The van der Waals surface area contributed by atoms with Crippen molar-refractivity contribution < 1.29 is 5.11 Å². The number of aliphatic hydroxyl groups is 1. The van der Waals surface area contributed by atoms with Crippen molar-refractivity contribution in [2.45, 2.75) is 6.10 Å². The fourth-order valence-electron chi connectivity index (χ4n) is 3.09. The SMILES string of the molecule is OC(c1cccnc1)c1c(-c2ccccc2Cl)csc1-c1ccccc1Cl. The van der Waals surface area contributed by atoms with E-state index < -0.39 is 6.10 Å². The minimum Gasteiger partial charge on any atom is -0.384 e. The van der Waals surface area contributed by atoms with Crippen molar-refractivity contribution in [1.29, 1.82) is 0 Å². The molecule has 4 rings (SSSR count). The summed E-state index contributed by atoms with van der Waals surface area (Å²) in [5, 5.41) is 14.5. The summed E-state index contributed by atoms with van der Waals surface area (Å²) in [5.41, 5.74) is 4.18. The highest BCUT2D eigenvalue weighted by Crippen LogP contribution is 2.46. The maximum atomic E-state index is 11.2. The molecule has 2 heterocycles. The van der Waals surface area contributed by atoms with Crippen molar-refractivity contribution in [2.24, 2.45) is 0 Å². The second kappa shape index (κ2) is 7.83. The highest BCUT2D eigenvalue weighted by atomic mass is 35.5. The number of halogens is 2. The molecule has 27 heavy (non-hydrogen) atoms. The first-order valence-corrected chi connectivity index (χ1v) is 9.99. The number of hydrogen-bond donors (Lipinski definition) is 1. The molecule has 0 saturated carbocycles. The van der Waals surface area contributed by atoms with Gasteiger partial charge in [0.25, 0.3) is 0 Å². The van der Waals surface area contributed by atoms with Crippen LogP contribution in [-0.2, 0) is 0 Å². The summed E-state index contributed by atoms with van der Waals surface area (Å²) in [4.78, 5) is 5.07. The Hall–Kier alpha value is -2.17. The lowest BCUT2D eigenvalue weighted by Crippen LogP contribution is -2.02. The molecule has 2 aromatic carbocycles. The van der Waals surface area contributed by atoms with Gasteiger partial charge in [0, 0.05) is 55.1 Å². The molecule has 4 aromatic rings. The van der Waals surface area contributed by atoms with E-state index in [2.05, 4.69) is 4.98 Å². The minimum atomic E-state index is -0.845. The van der Waals surface area contributed by atoms with Crippen LogP contribution in [0.3, 0.4) is 0 Å². The fourth-order valence-corrected chi connectivity index (χ4v) is 4.75. The van der Waals surface area contributed by atoms with Gasteiger partial charge in [-0.1, -0.05) is 65.7 Å². The van der Waals surface area contributed by atoms with Crippen molar-refractivity contribution >= 4 is 34.5 Å². The number of aliphatic hydroxyl groups excluding tert-OH is 1. The zero-order valence-electron chi connectivity index (χ0n) is 14.1. The lowest BCUT2D eigenvalue weighted by molar-refractivity contribution is 0.221. The number of pyridine rings is 1. The quantitative estimate of drug-likeness (QED) is 0.397. The predicted molar refractivity (Wildman–Crippen MR) is 114 cm³/mol. The lowest BCUT2D eigenvalue weighted by Gasteiger charge is -2.16. The lowest BCUT2D eigenvalue weighted by atomic mass is 9.93. The molecule has 2 aromatic heterocycles. The Balaban J connectivity index is 1.97.